The van der Waals surface area contributed by atoms with Gasteiger partial charge in [0, 0.05) is 36.9 Å². The van der Waals surface area contributed by atoms with Gasteiger partial charge < -0.3 is 20.9 Å². The fourth-order valence-corrected chi connectivity index (χ4v) is 5.47. The van der Waals surface area contributed by atoms with Crippen LogP contribution in [-0.2, 0) is 4.79 Å². The van der Waals surface area contributed by atoms with Crippen LogP contribution in [0.2, 0.25) is 0 Å². The summed E-state index contributed by atoms with van der Waals surface area (Å²) in [5, 5.41) is 3.01. The normalized spacial score (nSPS) is 30.2. The third kappa shape index (κ3) is 4.93. The summed E-state index contributed by atoms with van der Waals surface area (Å²) in [6.45, 7) is 2.01. The fraction of sp³-hybridized carbons (Fsp3) is 0.636. The summed E-state index contributed by atoms with van der Waals surface area (Å²) in [5.74, 6) is 0.933. The highest BCUT2D eigenvalue weighted by molar-refractivity contribution is 5.96. The van der Waals surface area contributed by atoms with E-state index in [4.69, 9.17) is 5.73 Å². The molecule has 1 aromatic rings. The number of likely N-dealkylation sites (N-methyl/N-ethyl adjacent to an activating group) is 2. The highest BCUT2D eigenvalue weighted by Crippen LogP contribution is 2.47. The maximum Gasteiger partial charge on any atom is 0.253 e. The van der Waals surface area contributed by atoms with E-state index in [0.717, 1.165) is 50.9 Å². The van der Waals surface area contributed by atoms with Gasteiger partial charge in [0.1, 0.15) is 0 Å². The minimum absolute atomic E-state index is 0. The average molecular weight is 457 g/mol. The lowest BCUT2D eigenvalue weighted by atomic mass is 9.84. The molecule has 2 aliphatic carbocycles. The minimum atomic E-state index is -0.0746. The second kappa shape index (κ2) is 10.3. The molecule has 3 N–H and O–H groups in total. The van der Waals surface area contributed by atoms with Crippen molar-refractivity contribution in [2.24, 2.45) is 23.5 Å². The third-order valence-corrected chi connectivity index (χ3v) is 7.15. The summed E-state index contributed by atoms with van der Waals surface area (Å²) >= 11 is 0. The number of nitrogens with zero attached hydrogens (tertiary/aromatic N) is 2. The van der Waals surface area contributed by atoms with E-state index in [2.05, 4.69) is 17.3 Å². The summed E-state index contributed by atoms with van der Waals surface area (Å²) < 4.78 is 0. The largest absolute Gasteiger partial charge is 0.337 e. The van der Waals surface area contributed by atoms with E-state index in [1.807, 2.05) is 36.2 Å². The van der Waals surface area contributed by atoms with E-state index in [-0.39, 0.29) is 54.6 Å². The van der Waals surface area contributed by atoms with Gasteiger partial charge in [0.05, 0.1) is 5.92 Å². The van der Waals surface area contributed by atoms with E-state index in [9.17, 15) is 9.59 Å². The molecule has 5 unspecified atom stereocenters. The number of nitrogens with two attached hydrogens (primary N) is 1. The van der Waals surface area contributed by atoms with Crippen LogP contribution in [0.5, 0.6) is 0 Å². The highest BCUT2D eigenvalue weighted by Gasteiger charge is 2.49. The molecule has 3 aliphatic rings. The Labute approximate surface area is 191 Å². The molecule has 30 heavy (non-hydrogen) atoms. The molecule has 2 saturated carbocycles. The van der Waals surface area contributed by atoms with Crippen molar-refractivity contribution in [3.05, 3.63) is 29.8 Å². The van der Waals surface area contributed by atoms with E-state index < -0.39 is 0 Å². The molecule has 1 aromatic carbocycles. The van der Waals surface area contributed by atoms with Gasteiger partial charge in [-0.2, -0.15) is 0 Å². The van der Waals surface area contributed by atoms with Crippen molar-refractivity contribution in [3.63, 3.8) is 0 Å². The number of benzene rings is 1. The first kappa shape index (κ1) is 24.9. The van der Waals surface area contributed by atoms with Crippen LogP contribution in [0.25, 0.3) is 0 Å². The number of hydrogen-bond donors (Lipinski definition) is 2. The number of carbonyl (C=O) groups excluding carboxylic acids is 2. The van der Waals surface area contributed by atoms with Crippen LogP contribution in [0.3, 0.4) is 0 Å². The SMILES string of the molecule is CN1CCCC(N(C)C(=O)c2ccc(NC(=O)C3C4CCC(C4)C3N)cc2)C1.Cl.Cl. The van der Waals surface area contributed by atoms with Crippen molar-refractivity contribution in [2.75, 3.05) is 32.5 Å². The van der Waals surface area contributed by atoms with Crippen molar-refractivity contribution in [1.29, 1.82) is 0 Å². The molecule has 0 radical (unpaired) electrons. The fourth-order valence-electron chi connectivity index (χ4n) is 5.47. The van der Waals surface area contributed by atoms with Crippen molar-refractivity contribution >= 4 is 42.3 Å². The highest BCUT2D eigenvalue weighted by atomic mass is 35.5. The number of piperidine rings is 1. The number of rotatable bonds is 4. The molecule has 8 heteroatoms. The van der Waals surface area contributed by atoms with Crippen molar-refractivity contribution in [2.45, 2.75) is 44.2 Å². The number of anilines is 1. The molecular weight excluding hydrogens is 423 g/mol. The van der Waals surface area contributed by atoms with Gasteiger partial charge in [-0.1, -0.05) is 0 Å². The molecule has 0 aromatic heterocycles. The molecule has 1 heterocycles. The van der Waals surface area contributed by atoms with E-state index in [1.165, 1.54) is 0 Å². The molecule has 4 rings (SSSR count). The second-order valence-electron chi connectivity index (χ2n) is 8.98. The van der Waals surface area contributed by atoms with Gasteiger partial charge >= 0.3 is 0 Å². The van der Waals surface area contributed by atoms with Crippen LogP contribution in [0.1, 0.15) is 42.5 Å². The van der Waals surface area contributed by atoms with Gasteiger partial charge in [0.15, 0.2) is 0 Å². The maximum atomic E-state index is 12.8. The van der Waals surface area contributed by atoms with E-state index >= 15 is 0 Å². The average Bonchev–Trinajstić information content (AvgIpc) is 3.28. The molecular formula is C22H34Cl2N4O2. The summed E-state index contributed by atoms with van der Waals surface area (Å²) in [6.07, 6.45) is 5.54. The predicted octanol–water partition coefficient (Wildman–Crippen LogP) is 3.01. The monoisotopic (exact) mass is 456 g/mol. The van der Waals surface area contributed by atoms with Crippen molar-refractivity contribution < 1.29 is 9.59 Å². The Bertz CT molecular complexity index is 743. The summed E-state index contributed by atoms with van der Waals surface area (Å²) in [4.78, 5) is 29.7. The van der Waals surface area contributed by atoms with E-state index in [1.54, 1.807) is 0 Å². The van der Waals surface area contributed by atoms with Gasteiger partial charge in [-0.3, -0.25) is 9.59 Å². The molecule has 5 atom stereocenters. The first-order chi connectivity index (χ1) is 13.4. The molecule has 1 aliphatic heterocycles. The lowest BCUT2D eigenvalue weighted by Crippen LogP contribution is -2.47. The van der Waals surface area contributed by atoms with Crippen molar-refractivity contribution in [3.8, 4) is 0 Å². The molecule has 2 bridgehead atoms. The quantitative estimate of drug-likeness (QED) is 0.729. The zero-order valence-electron chi connectivity index (χ0n) is 17.8. The first-order valence-corrected chi connectivity index (χ1v) is 10.6. The van der Waals surface area contributed by atoms with Crippen LogP contribution < -0.4 is 11.1 Å². The number of amides is 2. The maximum absolute atomic E-state index is 12.8. The van der Waals surface area contributed by atoms with Gasteiger partial charge in [-0.05, 0) is 81.8 Å². The lowest BCUT2D eigenvalue weighted by Gasteiger charge is -2.35. The van der Waals surface area contributed by atoms with Gasteiger partial charge in [-0.15, -0.1) is 24.8 Å². The Kier molecular flexibility index (Phi) is 8.57. The smallest absolute Gasteiger partial charge is 0.253 e. The number of likely N-dealkylation sites (tertiary alicyclic amines) is 1. The van der Waals surface area contributed by atoms with Crippen LogP contribution in [0, 0.1) is 17.8 Å². The minimum Gasteiger partial charge on any atom is -0.337 e. The summed E-state index contributed by atoms with van der Waals surface area (Å²) in [7, 11) is 3.99. The number of carbonyl (C=O) groups is 2. The molecule has 3 fully saturated rings. The van der Waals surface area contributed by atoms with Crippen LogP contribution >= 0.6 is 24.8 Å². The zero-order valence-corrected chi connectivity index (χ0v) is 19.4. The van der Waals surface area contributed by atoms with Crippen LogP contribution in [0.15, 0.2) is 24.3 Å². The molecule has 6 nitrogen and oxygen atoms in total. The number of nitrogens with one attached hydrogen (secondary N) is 1. The number of hydrogen-bond acceptors (Lipinski definition) is 4. The second-order valence-corrected chi connectivity index (χ2v) is 8.98. The van der Waals surface area contributed by atoms with Gasteiger partial charge in [0.25, 0.3) is 5.91 Å². The summed E-state index contributed by atoms with van der Waals surface area (Å²) in [5.41, 5.74) is 7.67. The Balaban J connectivity index is 0.00000160. The van der Waals surface area contributed by atoms with Crippen molar-refractivity contribution in [1.82, 2.24) is 9.80 Å². The molecule has 1 saturated heterocycles. The number of halogens is 2. The molecule has 168 valence electrons. The lowest BCUT2D eigenvalue weighted by molar-refractivity contribution is -0.121. The van der Waals surface area contributed by atoms with Crippen LogP contribution in [0.4, 0.5) is 5.69 Å². The Morgan fingerprint density at radius 1 is 1.10 bits per heavy atom. The topological polar surface area (TPSA) is 78.7 Å². The van der Waals surface area contributed by atoms with Gasteiger partial charge in [0.2, 0.25) is 5.91 Å². The first-order valence-electron chi connectivity index (χ1n) is 10.6. The predicted molar refractivity (Wildman–Crippen MR) is 124 cm³/mol. The third-order valence-electron chi connectivity index (χ3n) is 7.15. The summed E-state index contributed by atoms with van der Waals surface area (Å²) in [6, 6.07) is 7.51. The molecule has 0 spiro atoms. The Morgan fingerprint density at radius 2 is 1.77 bits per heavy atom. The number of fused-ring (bicyclic) bond motifs is 2. The Morgan fingerprint density at radius 3 is 2.37 bits per heavy atom. The van der Waals surface area contributed by atoms with Gasteiger partial charge in [-0.25, -0.2) is 0 Å². The van der Waals surface area contributed by atoms with Crippen LogP contribution in [-0.4, -0.2) is 60.9 Å². The molecule has 2 amide bonds. The zero-order chi connectivity index (χ0) is 19.8. The van der Waals surface area contributed by atoms with E-state index in [0.29, 0.717) is 17.4 Å². The Hall–Kier alpha value is -1.34. The standard InChI is InChI=1S/C22H32N4O2.2ClH/c1-25-11-3-4-18(13-25)26(2)22(28)14-7-9-17(10-8-14)24-21(27)19-15-5-6-16(12-15)20(19)23;;/h7-10,15-16,18-20H,3-6,11-13,23H2,1-2H3,(H,24,27);2*1H.